The lowest BCUT2D eigenvalue weighted by molar-refractivity contribution is -0.132. The number of nitrogens with zero attached hydrogens (tertiary/aromatic N) is 3. The van der Waals surface area contributed by atoms with Crippen molar-refractivity contribution in [1.82, 2.24) is 14.9 Å². The molecular formula is C11H18N4O. The van der Waals surface area contributed by atoms with Gasteiger partial charge in [0.15, 0.2) is 0 Å². The molecule has 0 radical (unpaired) electrons. The number of aromatic nitrogens is 2. The lowest BCUT2D eigenvalue weighted by atomic mass is 10.0. The molecule has 1 rings (SSSR count). The van der Waals surface area contributed by atoms with Crippen molar-refractivity contribution in [3.8, 4) is 0 Å². The largest absolute Gasteiger partial charge is 0.338 e. The number of carbonyl (C=O) groups excluding carboxylic acids is 1. The highest BCUT2D eigenvalue weighted by Gasteiger charge is 2.21. The normalized spacial score (nSPS) is 12.6. The van der Waals surface area contributed by atoms with Crippen LogP contribution in [0.15, 0.2) is 18.6 Å². The summed E-state index contributed by atoms with van der Waals surface area (Å²) in [5.41, 5.74) is 6.55. The van der Waals surface area contributed by atoms with Gasteiger partial charge >= 0.3 is 0 Å². The van der Waals surface area contributed by atoms with E-state index in [0.29, 0.717) is 6.54 Å². The van der Waals surface area contributed by atoms with Crippen molar-refractivity contribution in [2.45, 2.75) is 26.4 Å². The second kappa shape index (κ2) is 5.55. The first-order chi connectivity index (χ1) is 7.52. The molecule has 1 aromatic heterocycles. The molecule has 1 aromatic rings. The summed E-state index contributed by atoms with van der Waals surface area (Å²) in [5, 5.41) is 0. The number of rotatable bonds is 4. The monoisotopic (exact) mass is 222 g/mol. The molecule has 0 unspecified atom stereocenters. The summed E-state index contributed by atoms with van der Waals surface area (Å²) in [6, 6.07) is -0.457. The van der Waals surface area contributed by atoms with E-state index in [9.17, 15) is 4.79 Å². The summed E-state index contributed by atoms with van der Waals surface area (Å²) in [6.45, 7) is 4.30. The maximum absolute atomic E-state index is 11.8. The predicted octanol–water partition coefficient (Wildman–Crippen LogP) is 0.418. The summed E-state index contributed by atoms with van der Waals surface area (Å²) < 4.78 is 0. The first-order valence-electron chi connectivity index (χ1n) is 5.27. The Bertz CT molecular complexity index is 339. The van der Waals surface area contributed by atoms with E-state index in [1.165, 1.54) is 0 Å². The molecule has 0 aliphatic heterocycles. The third-order valence-corrected chi connectivity index (χ3v) is 2.40. The highest BCUT2D eigenvalue weighted by Crippen LogP contribution is 2.04. The minimum Gasteiger partial charge on any atom is -0.338 e. The molecule has 0 fully saturated rings. The summed E-state index contributed by atoms with van der Waals surface area (Å²) in [7, 11) is 1.72. The lowest BCUT2D eigenvalue weighted by Gasteiger charge is -2.22. The van der Waals surface area contributed by atoms with Crippen LogP contribution in [0.5, 0.6) is 0 Å². The molecule has 5 heteroatoms. The third-order valence-electron chi connectivity index (χ3n) is 2.40. The van der Waals surface area contributed by atoms with Crippen molar-refractivity contribution >= 4 is 5.91 Å². The Hall–Kier alpha value is -1.49. The van der Waals surface area contributed by atoms with E-state index in [1.807, 2.05) is 13.8 Å². The molecule has 0 aromatic carbocycles. The average Bonchev–Trinajstić information content (AvgIpc) is 2.28. The highest BCUT2D eigenvalue weighted by molar-refractivity contribution is 5.81. The molecule has 1 heterocycles. The van der Waals surface area contributed by atoms with E-state index >= 15 is 0 Å². The van der Waals surface area contributed by atoms with Crippen LogP contribution in [0.25, 0.3) is 0 Å². The van der Waals surface area contributed by atoms with Gasteiger partial charge in [0.2, 0.25) is 5.91 Å². The van der Waals surface area contributed by atoms with Gasteiger partial charge in [0.25, 0.3) is 0 Å². The zero-order valence-corrected chi connectivity index (χ0v) is 9.92. The molecular weight excluding hydrogens is 204 g/mol. The van der Waals surface area contributed by atoms with Crippen LogP contribution in [-0.2, 0) is 11.3 Å². The molecule has 0 aliphatic rings. The van der Waals surface area contributed by atoms with Gasteiger partial charge in [-0.3, -0.25) is 14.8 Å². The number of amides is 1. The first-order valence-corrected chi connectivity index (χ1v) is 5.27. The van der Waals surface area contributed by atoms with Crippen LogP contribution >= 0.6 is 0 Å². The van der Waals surface area contributed by atoms with E-state index < -0.39 is 6.04 Å². The first kappa shape index (κ1) is 12.6. The van der Waals surface area contributed by atoms with Gasteiger partial charge < -0.3 is 10.6 Å². The van der Waals surface area contributed by atoms with E-state index in [-0.39, 0.29) is 11.8 Å². The second-order valence-corrected chi connectivity index (χ2v) is 4.16. The molecule has 88 valence electrons. The number of nitrogens with two attached hydrogens (primary N) is 1. The average molecular weight is 222 g/mol. The number of hydrogen-bond donors (Lipinski definition) is 1. The quantitative estimate of drug-likeness (QED) is 0.801. The van der Waals surface area contributed by atoms with Gasteiger partial charge in [0.1, 0.15) is 0 Å². The summed E-state index contributed by atoms with van der Waals surface area (Å²) in [6.07, 6.45) is 4.85. The maximum Gasteiger partial charge on any atom is 0.239 e. The van der Waals surface area contributed by atoms with Crippen LogP contribution in [-0.4, -0.2) is 33.9 Å². The molecule has 2 N–H and O–H groups in total. The molecule has 5 nitrogen and oxygen atoms in total. The van der Waals surface area contributed by atoms with Crippen LogP contribution in [0.4, 0.5) is 0 Å². The molecule has 0 saturated carbocycles. The predicted molar refractivity (Wildman–Crippen MR) is 61.3 cm³/mol. The van der Waals surface area contributed by atoms with Crippen molar-refractivity contribution in [3.05, 3.63) is 24.3 Å². The Morgan fingerprint density at radius 2 is 2.19 bits per heavy atom. The molecule has 0 saturated heterocycles. The number of hydrogen-bond acceptors (Lipinski definition) is 4. The Morgan fingerprint density at radius 3 is 2.69 bits per heavy atom. The molecule has 1 atom stereocenters. The highest BCUT2D eigenvalue weighted by atomic mass is 16.2. The standard InChI is InChI=1S/C11H18N4O/c1-8(2)10(12)11(16)15(3)7-9-6-13-4-5-14-9/h4-6,8,10H,7,12H2,1-3H3/t10-/m0/s1. The molecule has 0 bridgehead atoms. The minimum absolute atomic E-state index is 0.0688. The summed E-state index contributed by atoms with van der Waals surface area (Å²) >= 11 is 0. The fourth-order valence-corrected chi connectivity index (χ4v) is 1.27. The Kier molecular flexibility index (Phi) is 4.37. The van der Waals surface area contributed by atoms with Crippen LogP contribution < -0.4 is 5.73 Å². The van der Waals surface area contributed by atoms with Crippen molar-refractivity contribution in [2.24, 2.45) is 11.7 Å². The van der Waals surface area contributed by atoms with Gasteiger partial charge in [0.05, 0.1) is 24.5 Å². The Balaban J connectivity index is 2.59. The number of likely N-dealkylation sites (N-methyl/N-ethyl adjacent to an activating group) is 1. The van der Waals surface area contributed by atoms with Crippen LogP contribution in [0.2, 0.25) is 0 Å². The number of carbonyl (C=O) groups is 1. The smallest absolute Gasteiger partial charge is 0.239 e. The maximum atomic E-state index is 11.8. The van der Waals surface area contributed by atoms with Gasteiger partial charge in [-0.05, 0) is 5.92 Å². The van der Waals surface area contributed by atoms with Gasteiger partial charge in [0, 0.05) is 19.4 Å². The molecule has 16 heavy (non-hydrogen) atoms. The second-order valence-electron chi connectivity index (χ2n) is 4.16. The minimum atomic E-state index is -0.457. The zero-order valence-electron chi connectivity index (χ0n) is 9.92. The van der Waals surface area contributed by atoms with Crippen molar-refractivity contribution in [3.63, 3.8) is 0 Å². The van der Waals surface area contributed by atoms with Gasteiger partial charge in [-0.15, -0.1) is 0 Å². The Morgan fingerprint density at radius 1 is 1.50 bits per heavy atom. The molecule has 0 aliphatic carbocycles. The zero-order chi connectivity index (χ0) is 12.1. The summed E-state index contributed by atoms with van der Waals surface area (Å²) in [4.78, 5) is 21.5. The summed E-state index contributed by atoms with van der Waals surface area (Å²) in [5.74, 6) is 0.0671. The van der Waals surface area contributed by atoms with Gasteiger partial charge in [-0.2, -0.15) is 0 Å². The Labute approximate surface area is 95.7 Å². The fraction of sp³-hybridized carbons (Fsp3) is 0.545. The lowest BCUT2D eigenvalue weighted by Crippen LogP contribution is -2.44. The van der Waals surface area contributed by atoms with Crippen LogP contribution in [0, 0.1) is 5.92 Å². The van der Waals surface area contributed by atoms with Crippen molar-refractivity contribution < 1.29 is 4.79 Å². The van der Waals surface area contributed by atoms with Crippen LogP contribution in [0.1, 0.15) is 19.5 Å². The molecule has 1 amide bonds. The SMILES string of the molecule is CC(C)[C@H](N)C(=O)N(C)Cc1cnccn1. The van der Waals surface area contributed by atoms with Gasteiger partial charge in [-0.1, -0.05) is 13.8 Å². The van der Waals surface area contributed by atoms with E-state index in [1.54, 1.807) is 30.5 Å². The molecule has 0 spiro atoms. The van der Waals surface area contributed by atoms with E-state index in [0.717, 1.165) is 5.69 Å². The third kappa shape index (κ3) is 3.27. The fourth-order valence-electron chi connectivity index (χ4n) is 1.27. The van der Waals surface area contributed by atoms with E-state index in [2.05, 4.69) is 9.97 Å². The van der Waals surface area contributed by atoms with Crippen molar-refractivity contribution in [1.29, 1.82) is 0 Å². The van der Waals surface area contributed by atoms with Gasteiger partial charge in [-0.25, -0.2) is 0 Å². The van der Waals surface area contributed by atoms with Crippen molar-refractivity contribution in [2.75, 3.05) is 7.05 Å². The topological polar surface area (TPSA) is 72.1 Å². The van der Waals surface area contributed by atoms with E-state index in [4.69, 9.17) is 5.73 Å². The van der Waals surface area contributed by atoms with Crippen LogP contribution in [0.3, 0.4) is 0 Å².